The highest BCUT2D eigenvalue weighted by Crippen LogP contribution is 2.39. The summed E-state index contributed by atoms with van der Waals surface area (Å²) in [5.74, 6) is -3.13. The molecule has 0 atom stereocenters. The van der Waals surface area contributed by atoms with Crippen LogP contribution in [-0.2, 0) is 14.6 Å². The molecule has 2 saturated carbocycles. The summed E-state index contributed by atoms with van der Waals surface area (Å²) in [5, 5.41) is 12.2. The number of pyridine rings is 1. The number of benzene rings is 1. The first-order valence-electron chi connectivity index (χ1n) is 13.7. The number of nitrogens with zero attached hydrogens (tertiary/aromatic N) is 4. The Bertz CT molecular complexity index is 1550. The van der Waals surface area contributed by atoms with Gasteiger partial charge in [-0.3, -0.25) is 9.78 Å². The van der Waals surface area contributed by atoms with Gasteiger partial charge in [0.25, 0.3) is 0 Å². The number of thiazole rings is 1. The molecule has 42 heavy (non-hydrogen) atoms. The van der Waals surface area contributed by atoms with Gasteiger partial charge in [-0.2, -0.15) is 5.26 Å². The molecule has 1 saturated heterocycles. The van der Waals surface area contributed by atoms with Gasteiger partial charge < -0.3 is 10.2 Å². The van der Waals surface area contributed by atoms with Gasteiger partial charge in [-0.15, -0.1) is 11.3 Å². The predicted molar refractivity (Wildman–Crippen MR) is 156 cm³/mol. The second kappa shape index (κ2) is 12.0. The molecule has 1 N–H and O–H groups in total. The Labute approximate surface area is 248 Å². The Kier molecular flexibility index (Phi) is 8.57. The van der Waals surface area contributed by atoms with E-state index in [4.69, 9.17) is 5.26 Å². The number of carbonyl (C=O) groups is 1. The minimum absolute atomic E-state index is 0. The van der Waals surface area contributed by atoms with Crippen molar-refractivity contribution in [3.05, 3.63) is 54.6 Å². The molecule has 0 spiro atoms. The number of nitrogens with one attached hydrogen (secondary N) is 1. The molecule has 2 aromatic heterocycles. The number of alkyl halides is 2. The summed E-state index contributed by atoms with van der Waals surface area (Å²) in [5.41, 5.74) is 2.02. The Morgan fingerprint density at radius 3 is 2.26 bits per heavy atom. The third-order valence-corrected chi connectivity index (χ3v) is 10.4. The van der Waals surface area contributed by atoms with Crippen LogP contribution in [0.4, 0.5) is 18.9 Å². The Morgan fingerprint density at radius 1 is 1.02 bits per heavy atom. The van der Waals surface area contributed by atoms with Crippen molar-refractivity contribution < 1.29 is 27.8 Å². The number of carbonyl (C=O) groups excluding carboxylic acids is 1. The fourth-order valence-corrected chi connectivity index (χ4v) is 6.97. The van der Waals surface area contributed by atoms with E-state index in [1.165, 1.54) is 23.6 Å². The quantitative estimate of drug-likeness (QED) is 0.402. The van der Waals surface area contributed by atoms with Crippen LogP contribution in [0.15, 0.2) is 48.8 Å². The Balaban J connectivity index is 0.000000215. The molecule has 0 bridgehead atoms. The van der Waals surface area contributed by atoms with E-state index in [1.54, 1.807) is 12.3 Å². The number of anilines is 1. The maximum Gasteiger partial charge on any atom is 0.248 e. The van der Waals surface area contributed by atoms with Gasteiger partial charge in [-0.25, -0.2) is 26.6 Å². The van der Waals surface area contributed by atoms with E-state index < -0.39 is 21.3 Å². The second-order valence-electron chi connectivity index (χ2n) is 10.9. The highest BCUT2D eigenvalue weighted by atomic mass is 32.2. The van der Waals surface area contributed by atoms with Crippen molar-refractivity contribution in [1.82, 2.24) is 15.3 Å². The lowest BCUT2D eigenvalue weighted by molar-refractivity contribution is -0.129. The molecular weight excluding hydrogens is 587 g/mol. The molecule has 1 aliphatic heterocycles. The highest BCUT2D eigenvalue weighted by Gasteiger charge is 2.46. The van der Waals surface area contributed by atoms with Gasteiger partial charge in [0, 0.05) is 45.2 Å². The molecule has 1 amide bonds. The highest BCUT2D eigenvalue weighted by molar-refractivity contribution is 7.91. The molecule has 1 aromatic carbocycles. The zero-order valence-corrected chi connectivity index (χ0v) is 24.4. The molecule has 13 heteroatoms. The molecule has 224 valence electrons. The van der Waals surface area contributed by atoms with Gasteiger partial charge >= 0.3 is 0 Å². The summed E-state index contributed by atoms with van der Waals surface area (Å²) >= 11 is 1.50. The number of aromatic nitrogens is 2. The van der Waals surface area contributed by atoms with Gasteiger partial charge in [-0.1, -0.05) is 12.1 Å². The van der Waals surface area contributed by atoms with Crippen molar-refractivity contribution in [3.8, 4) is 27.2 Å². The molecular formula is C29H32F3N5O3S2. The van der Waals surface area contributed by atoms with Crippen LogP contribution < -0.4 is 10.2 Å². The molecule has 6 rings (SSSR count). The third kappa shape index (κ3) is 7.46. The molecule has 3 heterocycles. The van der Waals surface area contributed by atoms with Crippen LogP contribution in [0.2, 0.25) is 0 Å². The first-order chi connectivity index (χ1) is 20.0. The van der Waals surface area contributed by atoms with Gasteiger partial charge in [-0.05, 0) is 55.5 Å². The predicted octanol–water partition coefficient (Wildman–Crippen LogP) is 5.48. The molecule has 3 fully saturated rings. The van der Waals surface area contributed by atoms with Gasteiger partial charge in [0.2, 0.25) is 11.8 Å². The lowest BCUT2D eigenvalue weighted by Crippen LogP contribution is -2.42. The summed E-state index contributed by atoms with van der Waals surface area (Å²) in [6.07, 6.45) is 4.34. The normalized spacial score (nSPS) is 20.5. The summed E-state index contributed by atoms with van der Waals surface area (Å²) in [7, 11) is -2.88. The molecule has 0 radical (unpaired) electrons. The molecule has 0 unspecified atom stereocenters. The molecule has 8 nitrogen and oxygen atoms in total. The lowest BCUT2D eigenvalue weighted by Gasteiger charge is -2.28. The van der Waals surface area contributed by atoms with E-state index in [0.717, 1.165) is 21.1 Å². The Hall–Kier alpha value is -3.50. The zero-order valence-electron chi connectivity index (χ0n) is 22.7. The van der Waals surface area contributed by atoms with Crippen molar-refractivity contribution in [1.29, 1.82) is 5.26 Å². The SMILES string of the molecule is N#CC1(NC(=O)C2CCC(F)(F)CC2)CC1.O=S1(=O)CCN(c2ccc(-c3cnc(-c4ccc(F)cn4)s3)cc2)CC1.[HH]. The number of halogens is 3. The first-order valence-corrected chi connectivity index (χ1v) is 16.3. The zero-order chi connectivity index (χ0) is 30.0. The standard InChI is InChI=1S/C18H16FN3O2S2.C11H14F2N2O.H2/c19-14-3-6-16(20-11-14)18-21-12-17(25-18)13-1-4-15(5-2-13)22-7-9-26(23,24)10-8-22;12-11(13)3-1-8(2-4-11)9(16)15-10(7-14)5-6-10;/h1-6,11-12H,7-10H2;8H,1-6H2,(H,15,16);1H. The van der Waals surface area contributed by atoms with Gasteiger partial charge in [0.1, 0.15) is 16.4 Å². The molecule has 3 aromatic rings. The second-order valence-corrected chi connectivity index (χ2v) is 14.2. The van der Waals surface area contributed by atoms with E-state index in [2.05, 4.69) is 26.3 Å². The van der Waals surface area contributed by atoms with Crippen LogP contribution in [0.5, 0.6) is 0 Å². The molecule has 2 aliphatic carbocycles. The topological polar surface area (TPSA) is 116 Å². The average molecular weight is 620 g/mol. The number of sulfone groups is 1. The largest absolute Gasteiger partial charge is 0.369 e. The number of rotatable bonds is 5. The first kappa shape index (κ1) is 30.0. The number of hydrogen-bond acceptors (Lipinski definition) is 8. The van der Waals surface area contributed by atoms with E-state index in [9.17, 15) is 26.4 Å². The van der Waals surface area contributed by atoms with Gasteiger partial charge in [0.15, 0.2) is 9.84 Å². The summed E-state index contributed by atoms with van der Waals surface area (Å²) in [4.78, 5) is 23.2. The monoisotopic (exact) mass is 619 g/mol. The summed E-state index contributed by atoms with van der Waals surface area (Å²) in [6.45, 7) is 1.06. The van der Waals surface area contributed by atoms with Crippen LogP contribution in [0, 0.1) is 23.1 Å². The van der Waals surface area contributed by atoms with Crippen molar-refractivity contribution in [2.45, 2.75) is 50.0 Å². The van der Waals surface area contributed by atoms with Crippen LogP contribution >= 0.6 is 11.3 Å². The van der Waals surface area contributed by atoms with Crippen LogP contribution in [0.3, 0.4) is 0 Å². The summed E-state index contributed by atoms with van der Waals surface area (Å²) in [6, 6.07) is 13.1. The molecule has 3 aliphatic rings. The number of amides is 1. The van der Waals surface area contributed by atoms with E-state index in [1.807, 2.05) is 24.3 Å². The van der Waals surface area contributed by atoms with Crippen LogP contribution in [0.25, 0.3) is 21.1 Å². The van der Waals surface area contributed by atoms with Crippen molar-refractivity contribution in [2.75, 3.05) is 29.5 Å². The minimum atomic E-state index is -2.88. The van der Waals surface area contributed by atoms with Crippen molar-refractivity contribution >= 4 is 32.8 Å². The van der Waals surface area contributed by atoms with Crippen molar-refractivity contribution in [3.63, 3.8) is 0 Å². The van der Waals surface area contributed by atoms with Gasteiger partial charge in [0.05, 0.1) is 34.3 Å². The van der Waals surface area contributed by atoms with E-state index in [0.29, 0.717) is 31.6 Å². The van der Waals surface area contributed by atoms with Crippen molar-refractivity contribution in [2.24, 2.45) is 5.92 Å². The van der Waals surface area contributed by atoms with Crippen LogP contribution in [-0.4, -0.2) is 60.3 Å². The fraction of sp³-hybridized carbons (Fsp3) is 0.448. The summed E-state index contributed by atoms with van der Waals surface area (Å²) < 4.78 is 61.8. The maximum absolute atomic E-state index is 13.0. The third-order valence-electron chi connectivity index (χ3n) is 7.73. The number of hydrogen-bond donors (Lipinski definition) is 1. The van der Waals surface area contributed by atoms with Crippen LogP contribution in [0.1, 0.15) is 40.0 Å². The minimum Gasteiger partial charge on any atom is -0.369 e. The van der Waals surface area contributed by atoms with E-state index >= 15 is 0 Å². The maximum atomic E-state index is 13.0. The lowest BCUT2D eigenvalue weighted by atomic mass is 9.86. The van der Waals surface area contributed by atoms with E-state index in [-0.39, 0.29) is 56.3 Å². The Morgan fingerprint density at radius 2 is 1.69 bits per heavy atom. The fourth-order valence-electron chi connectivity index (χ4n) is 4.87. The number of nitriles is 1. The average Bonchev–Trinajstić information content (AvgIpc) is 3.57. The smallest absolute Gasteiger partial charge is 0.248 e.